The molecule has 0 fully saturated rings. The highest BCUT2D eigenvalue weighted by Crippen LogP contribution is 2.45. The number of aryl methyl sites for hydroxylation is 1. The van der Waals surface area contributed by atoms with Crippen LogP contribution in [0.4, 0.5) is 11.6 Å². The Balaban J connectivity index is 0.00000237. The maximum atomic E-state index is 13.0. The lowest BCUT2D eigenvalue weighted by atomic mass is 9.82. The van der Waals surface area contributed by atoms with Gasteiger partial charge in [-0.15, -0.1) is 0 Å². The number of nitrogen functional groups attached to an aromatic ring is 1. The first-order valence-electron chi connectivity index (χ1n) is 13.2. The van der Waals surface area contributed by atoms with Crippen LogP contribution in [-0.2, 0) is 19.7 Å². The van der Waals surface area contributed by atoms with Gasteiger partial charge in [0.15, 0.2) is 5.82 Å². The van der Waals surface area contributed by atoms with Crippen molar-refractivity contribution in [2.75, 3.05) is 18.2 Å². The molecule has 4 N–H and O–H groups in total. The Morgan fingerprint density at radius 1 is 1.20 bits per heavy atom. The lowest BCUT2D eigenvalue weighted by Gasteiger charge is -2.25. The third-order valence-corrected chi connectivity index (χ3v) is 6.16. The van der Waals surface area contributed by atoms with Gasteiger partial charge in [0, 0.05) is 23.1 Å². The average molecular weight is 573 g/mol. The molecule has 0 spiro atoms. The van der Waals surface area contributed by atoms with Gasteiger partial charge in [-0.1, -0.05) is 72.4 Å². The average Bonchev–Trinajstić information content (AvgIpc) is 3.20. The van der Waals surface area contributed by atoms with Crippen LogP contribution in [0.15, 0.2) is 49.0 Å². The van der Waals surface area contributed by atoms with Crippen LogP contribution in [0.1, 0.15) is 84.3 Å². The van der Waals surface area contributed by atoms with Crippen LogP contribution < -0.4 is 11.1 Å². The number of aromatic nitrogens is 2. The number of hydrogen-bond acceptors (Lipinski definition) is 7. The summed E-state index contributed by atoms with van der Waals surface area (Å²) in [5.74, 6) is 0.502. The molecule has 0 bridgehead atoms. The van der Waals surface area contributed by atoms with Crippen molar-refractivity contribution in [3.8, 4) is 0 Å². The van der Waals surface area contributed by atoms with E-state index in [1.165, 1.54) is 6.26 Å². The number of halogens is 1. The third-order valence-electron chi connectivity index (χ3n) is 5.92. The molecule has 8 nitrogen and oxygen atoms in total. The first-order chi connectivity index (χ1) is 18.8. The molecular formula is C31H45ClN4O4. The number of aldehydes is 1. The van der Waals surface area contributed by atoms with Gasteiger partial charge in [0.2, 0.25) is 5.91 Å². The van der Waals surface area contributed by atoms with Crippen LogP contribution in [0, 0.1) is 12.3 Å². The van der Waals surface area contributed by atoms with Crippen LogP contribution in [0.25, 0.3) is 5.57 Å². The maximum absolute atomic E-state index is 13.0. The van der Waals surface area contributed by atoms with Crippen molar-refractivity contribution in [2.24, 2.45) is 5.41 Å². The zero-order valence-electron chi connectivity index (χ0n) is 25.5. The van der Waals surface area contributed by atoms with Crippen molar-refractivity contribution in [3.63, 3.8) is 0 Å². The number of benzene rings is 1. The summed E-state index contributed by atoms with van der Waals surface area (Å²) < 4.78 is 5.76. The summed E-state index contributed by atoms with van der Waals surface area (Å²) in [6.45, 7) is 25.2. The quantitative estimate of drug-likeness (QED) is 0.229. The molecule has 0 aliphatic carbocycles. The van der Waals surface area contributed by atoms with Gasteiger partial charge in [-0.05, 0) is 56.0 Å². The Hall–Kier alpha value is -3.49. The van der Waals surface area contributed by atoms with E-state index < -0.39 is 10.8 Å². The molecule has 1 aromatic heterocycles. The normalized spacial score (nSPS) is 15.5. The summed E-state index contributed by atoms with van der Waals surface area (Å²) in [4.78, 5) is 33.2. The number of allylic oxidation sites excluding steroid dienone is 1. The molecule has 0 saturated carbocycles. The Kier molecular flexibility index (Phi) is 14.5. The molecule has 9 heteroatoms. The summed E-state index contributed by atoms with van der Waals surface area (Å²) in [5, 5.41) is 10.4. The number of aliphatic hydroxyl groups is 1. The van der Waals surface area contributed by atoms with Gasteiger partial charge in [0.1, 0.15) is 29.1 Å². The fourth-order valence-electron chi connectivity index (χ4n) is 3.99. The number of nitrogens with two attached hydrogens (primary N) is 1. The number of fused-ring (bicyclic) bond motifs is 1. The number of carbonyl (C=O) groups excluding carboxylic acids is 2. The van der Waals surface area contributed by atoms with Gasteiger partial charge in [-0.3, -0.25) is 4.79 Å². The van der Waals surface area contributed by atoms with Crippen molar-refractivity contribution < 1.29 is 19.4 Å². The number of rotatable bonds is 8. The fraction of sp³-hybridized carbons (Fsp3) is 0.419. The minimum Gasteiger partial charge on any atom is -0.469 e. The summed E-state index contributed by atoms with van der Waals surface area (Å²) in [6, 6.07) is 5.42. The topological polar surface area (TPSA) is 127 Å². The Bertz CT molecular complexity index is 1250. The number of nitrogens with zero attached hydrogens (tertiary/aromatic N) is 2. The first-order valence-corrected chi connectivity index (χ1v) is 13.6. The minimum absolute atomic E-state index is 0.126. The van der Waals surface area contributed by atoms with E-state index in [1.54, 1.807) is 13.0 Å². The van der Waals surface area contributed by atoms with Crippen LogP contribution in [0.3, 0.4) is 0 Å². The Labute approximate surface area is 244 Å². The monoisotopic (exact) mass is 572 g/mol. The van der Waals surface area contributed by atoms with E-state index in [0.29, 0.717) is 28.4 Å². The van der Waals surface area contributed by atoms with Gasteiger partial charge in [-0.2, -0.15) is 0 Å². The predicted octanol–water partition coefficient (Wildman–Crippen LogP) is 7.00. The second-order valence-corrected chi connectivity index (χ2v) is 9.90. The van der Waals surface area contributed by atoms with E-state index in [0.717, 1.165) is 30.1 Å². The molecule has 2 heterocycles. The number of carbonyl (C=O) groups is 2. The zero-order chi connectivity index (χ0) is 31.4. The number of hydrogen-bond donors (Lipinski definition) is 3. The molecule has 0 saturated heterocycles. The molecule has 1 aliphatic heterocycles. The van der Waals surface area contributed by atoms with Crippen molar-refractivity contribution >= 4 is 41.0 Å². The molecular weight excluding hydrogens is 528 g/mol. The van der Waals surface area contributed by atoms with Crippen LogP contribution >= 0.6 is 11.6 Å². The summed E-state index contributed by atoms with van der Waals surface area (Å²) >= 11 is 6.06. The highest BCUT2D eigenvalue weighted by Gasteiger charge is 2.49. The van der Waals surface area contributed by atoms with E-state index in [4.69, 9.17) is 27.2 Å². The number of amides is 1. The molecule has 2 aromatic rings. The predicted molar refractivity (Wildman–Crippen MR) is 166 cm³/mol. The van der Waals surface area contributed by atoms with Crippen molar-refractivity contribution in [1.29, 1.82) is 0 Å². The van der Waals surface area contributed by atoms with E-state index >= 15 is 0 Å². The van der Waals surface area contributed by atoms with Gasteiger partial charge in [-0.25, -0.2) is 9.97 Å². The van der Waals surface area contributed by atoms with Gasteiger partial charge < -0.3 is 25.7 Å². The Morgan fingerprint density at radius 3 is 2.30 bits per heavy atom. The highest BCUT2D eigenvalue weighted by atomic mass is 35.5. The molecule has 220 valence electrons. The van der Waals surface area contributed by atoms with Crippen molar-refractivity contribution in [2.45, 2.75) is 74.1 Å². The Morgan fingerprint density at radius 2 is 1.77 bits per heavy atom. The number of ether oxygens (including phenoxy) is 1. The third kappa shape index (κ3) is 8.26. The summed E-state index contributed by atoms with van der Waals surface area (Å²) in [7, 11) is 1.00. The van der Waals surface area contributed by atoms with E-state index in [-0.39, 0.29) is 23.3 Å². The molecule has 1 unspecified atom stereocenters. The largest absolute Gasteiger partial charge is 0.469 e. The van der Waals surface area contributed by atoms with E-state index in [9.17, 15) is 9.59 Å². The molecule has 0 radical (unpaired) electrons. The van der Waals surface area contributed by atoms with Crippen molar-refractivity contribution in [1.82, 2.24) is 9.97 Å². The van der Waals surface area contributed by atoms with E-state index in [1.807, 2.05) is 67.5 Å². The molecule has 1 amide bonds. The second-order valence-electron chi connectivity index (χ2n) is 9.46. The summed E-state index contributed by atoms with van der Waals surface area (Å²) in [6.07, 6.45) is 2.90. The smallest absolute Gasteiger partial charge is 0.243 e. The van der Waals surface area contributed by atoms with Crippen LogP contribution in [0.2, 0.25) is 5.02 Å². The van der Waals surface area contributed by atoms with Crippen molar-refractivity contribution in [3.05, 3.63) is 76.5 Å². The molecule has 1 aromatic carbocycles. The molecule has 1 aliphatic rings. The van der Waals surface area contributed by atoms with Gasteiger partial charge >= 0.3 is 0 Å². The highest BCUT2D eigenvalue weighted by molar-refractivity contribution is 6.30. The zero-order valence-corrected chi connectivity index (χ0v) is 26.3. The second kappa shape index (κ2) is 15.9. The van der Waals surface area contributed by atoms with Gasteiger partial charge in [0.05, 0.1) is 11.8 Å². The van der Waals surface area contributed by atoms with E-state index in [2.05, 4.69) is 28.4 Å². The summed E-state index contributed by atoms with van der Waals surface area (Å²) in [5.41, 5.74) is 8.02. The van der Waals surface area contributed by atoms with Crippen LogP contribution in [0.5, 0.6) is 0 Å². The molecule has 40 heavy (non-hydrogen) atoms. The van der Waals surface area contributed by atoms with Gasteiger partial charge in [0.25, 0.3) is 0 Å². The SMILES string of the molecule is C=C(c1nc(N)c2c(n1)NC(=O)C2(C)C(=C)O/C=C(\C)CC(C)(C)C=O)c1ccc(Cl)cc1C.CC.CC.CO. The van der Waals surface area contributed by atoms with Crippen LogP contribution in [-0.4, -0.2) is 34.4 Å². The first kappa shape index (κ1) is 36.5. The lowest BCUT2D eigenvalue weighted by Crippen LogP contribution is -2.34. The number of anilines is 2. The molecule has 3 rings (SSSR count). The minimum atomic E-state index is -1.30. The lowest BCUT2D eigenvalue weighted by molar-refractivity contribution is -0.120. The standard InChI is InChI=1S/C26H29ClN4O3.2C2H6.CH4O/c1-14(11-25(5,6)13-32)12-34-17(4)26(7)20-21(28)29-22(30-23(20)31-24(26)33)16(3)19-9-8-18(27)10-15(19)2;3*1-2/h8-10,12-13H,3-4,11H2,1-2,5-7H3,(H3,28,29,30,31,33);2*1-2H3;2H,1H3/b14-12+;;;. The number of aliphatic hydroxyl groups excluding tert-OH is 1. The fourth-order valence-corrected chi connectivity index (χ4v) is 4.21. The molecule has 1 atom stereocenters. The number of nitrogens with one attached hydrogen (secondary N) is 1. The maximum Gasteiger partial charge on any atom is 0.243 e.